The van der Waals surface area contributed by atoms with Crippen LogP contribution in [0, 0.1) is 0 Å². The fraction of sp³-hybridized carbons (Fsp3) is 0.111. The van der Waals surface area contributed by atoms with Crippen molar-refractivity contribution in [2.45, 2.75) is 6.61 Å². The van der Waals surface area contributed by atoms with E-state index in [1.54, 1.807) is 11.0 Å². The lowest BCUT2D eigenvalue weighted by Crippen LogP contribution is -2.04. The molecule has 0 amide bonds. The van der Waals surface area contributed by atoms with Crippen molar-refractivity contribution in [3.63, 3.8) is 0 Å². The van der Waals surface area contributed by atoms with Crippen molar-refractivity contribution >= 4 is 0 Å². The van der Waals surface area contributed by atoms with Gasteiger partial charge in [0.25, 0.3) is 0 Å². The van der Waals surface area contributed by atoms with Gasteiger partial charge in [-0.15, -0.1) is 0 Å². The highest BCUT2D eigenvalue weighted by Gasteiger charge is 2.03. The topological polar surface area (TPSA) is 66.0 Å². The summed E-state index contributed by atoms with van der Waals surface area (Å²) in [5, 5.41) is 4.04. The molecule has 2 rings (SSSR count). The van der Waals surface area contributed by atoms with E-state index in [1.807, 2.05) is 24.3 Å². The van der Waals surface area contributed by atoms with Crippen molar-refractivity contribution in [3.8, 4) is 5.69 Å². The molecule has 0 unspecified atom stereocenters. The minimum absolute atomic E-state index is 0.357. The summed E-state index contributed by atoms with van der Waals surface area (Å²) in [6.07, 6.45) is 3.12. The Balaban J connectivity index is 2.42. The number of nitrogens with zero attached hydrogens (tertiary/aromatic N) is 3. The van der Waals surface area contributed by atoms with Gasteiger partial charge in [-0.1, -0.05) is 18.2 Å². The van der Waals surface area contributed by atoms with Gasteiger partial charge in [0.05, 0.1) is 12.3 Å². The molecule has 2 N–H and O–H groups in total. The second kappa shape index (κ2) is 3.99. The van der Waals surface area contributed by atoms with Gasteiger partial charge in [0, 0.05) is 5.56 Å². The Hall–Kier alpha value is -1.72. The molecule has 0 aliphatic rings. The van der Waals surface area contributed by atoms with Gasteiger partial charge < -0.3 is 0 Å². The Bertz CT molecular complexity index is 399. The van der Waals surface area contributed by atoms with Crippen molar-refractivity contribution in [1.29, 1.82) is 0 Å². The maximum absolute atomic E-state index is 5.04. The van der Waals surface area contributed by atoms with Crippen LogP contribution >= 0.6 is 0 Å². The van der Waals surface area contributed by atoms with Crippen LogP contribution in [0.15, 0.2) is 36.9 Å². The first-order valence-corrected chi connectivity index (χ1v) is 4.16. The van der Waals surface area contributed by atoms with Crippen LogP contribution in [-0.2, 0) is 11.4 Å². The summed E-state index contributed by atoms with van der Waals surface area (Å²) in [6, 6.07) is 7.72. The van der Waals surface area contributed by atoms with Gasteiger partial charge >= 0.3 is 0 Å². The van der Waals surface area contributed by atoms with Gasteiger partial charge in [-0.05, 0) is 6.07 Å². The Morgan fingerprint density at radius 3 is 2.93 bits per heavy atom. The molecule has 0 aliphatic heterocycles. The number of rotatable bonds is 3. The molecule has 0 saturated carbocycles. The van der Waals surface area contributed by atoms with E-state index in [4.69, 9.17) is 5.90 Å². The van der Waals surface area contributed by atoms with Crippen LogP contribution in [0.25, 0.3) is 5.69 Å². The number of nitrogens with two attached hydrogens (primary N) is 1. The smallest absolute Gasteiger partial charge is 0.138 e. The van der Waals surface area contributed by atoms with E-state index < -0.39 is 0 Å². The van der Waals surface area contributed by atoms with Crippen LogP contribution in [0.2, 0.25) is 0 Å². The van der Waals surface area contributed by atoms with Crippen LogP contribution < -0.4 is 5.90 Å². The van der Waals surface area contributed by atoms with Crippen molar-refractivity contribution in [1.82, 2.24) is 14.8 Å². The van der Waals surface area contributed by atoms with Crippen molar-refractivity contribution < 1.29 is 4.84 Å². The third-order valence-electron chi connectivity index (χ3n) is 1.90. The van der Waals surface area contributed by atoms with E-state index in [0.29, 0.717) is 6.61 Å². The van der Waals surface area contributed by atoms with Gasteiger partial charge in [0.15, 0.2) is 0 Å². The molecule has 0 bridgehead atoms. The van der Waals surface area contributed by atoms with Gasteiger partial charge in [-0.25, -0.2) is 15.6 Å². The monoisotopic (exact) mass is 190 g/mol. The molecule has 0 atom stereocenters. The van der Waals surface area contributed by atoms with Crippen molar-refractivity contribution in [3.05, 3.63) is 42.5 Å². The molecule has 0 fully saturated rings. The summed E-state index contributed by atoms with van der Waals surface area (Å²) in [7, 11) is 0. The van der Waals surface area contributed by atoms with Crippen LogP contribution in [0.5, 0.6) is 0 Å². The normalized spacial score (nSPS) is 10.4. The quantitative estimate of drug-likeness (QED) is 0.722. The molecular weight excluding hydrogens is 180 g/mol. The molecule has 0 aliphatic carbocycles. The van der Waals surface area contributed by atoms with E-state index in [9.17, 15) is 0 Å². The Morgan fingerprint density at radius 2 is 2.21 bits per heavy atom. The number of hydrogen-bond acceptors (Lipinski definition) is 4. The van der Waals surface area contributed by atoms with Crippen LogP contribution in [0.3, 0.4) is 0 Å². The maximum atomic E-state index is 5.04. The predicted octanol–water partition coefficient (Wildman–Crippen LogP) is 0.658. The van der Waals surface area contributed by atoms with Crippen molar-refractivity contribution in [2.75, 3.05) is 0 Å². The average molecular weight is 190 g/mol. The summed E-state index contributed by atoms with van der Waals surface area (Å²) in [4.78, 5) is 8.48. The SMILES string of the molecule is NOCc1ccccc1-n1cncn1. The first-order chi connectivity index (χ1) is 6.92. The summed E-state index contributed by atoms with van der Waals surface area (Å²) in [6.45, 7) is 0.357. The zero-order valence-electron chi connectivity index (χ0n) is 7.50. The van der Waals surface area contributed by atoms with E-state index >= 15 is 0 Å². The molecule has 5 heteroatoms. The second-order valence-electron chi connectivity index (χ2n) is 2.78. The third-order valence-corrected chi connectivity index (χ3v) is 1.90. The first-order valence-electron chi connectivity index (χ1n) is 4.16. The number of hydrogen-bond donors (Lipinski definition) is 1. The van der Waals surface area contributed by atoms with E-state index in [2.05, 4.69) is 14.9 Å². The largest absolute Gasteiger partial charge is 0.300 e. The Morgan fingerprint density at radius 1 is 1.36 bits per heavy atom. The first kappa shape index (κ1) is 8.86. The molecule has 5 nitrogen and oxygen atoms in total. The Labute approximate surface area is 81.1 Å². The molecule has 1 aromatic heterocycles. The van der Waals surface area contributed by atoms with Crippen LogP contribution in [-0.4, -0.2) is 14.8 Å². The highest BCUT2D eigenvalue weighted by atomic mass is 16.6. The summed E-state index contributed by atoms with van der Waals surface area (Å²) in [5.41, 5.74) is 1.90. The van der Waals surface area contributed by atoms with E-state index in [0.717, 1.165) is 11.3 Å². The summed E-state index contributed by atoms with van der Waals surface area (Å²) >= 11 is 0. The van der Waals surface area contributed by atoms with Gasteiger partial charge in [0.2, 0.25) is 0 Å². The lowest BCUT2D eigenvalue weighted by atomic mass is 10.2. The van der Waals surface area contributed by atoms with Crippen molar-refractivity contribution in [2.24, 2.45) is 5.90 Å². The predicted molar refractivity (Wildman–Crippen MR) is 50.3 cm³/mol. The number of aromatic nitrogens is 3. The van der Waals surface area contributed by atoms with E-state index in [-0.39, 0.29) is 0 Å². The van der Waals surface area contributed by atoms with Gasteiger partial charge in [-0.3, -0.25) is 4.84 Å². The number of para-hydroxylation sites is 1. The molecule has 1 heterocycles. The van der Waals surface area contributed by atoms with Gasteiger partial charge in [0.1, 0.15) is 12.7 Å². The highest BCUT2D eigenvalue weighted by molar-refractivity contribution is 5.39. The fourth-order valence-electron chi connectivity index (χ4n) is 1.28. The average Bonchev–Trinajstić information content (AvgIpc) is 2.72. The molecule has 0 spiro atoms. The molecule has 2 aromatic rings. The summed E-state index contributed by atoms with van der Waals surface area (Å²) in [5.74, 6) is 5.04. The fourth-order valence-corrected chi connectivity index (χ4v) is 1.28. The molecule has 14 heavy (non-hydrogen) atoms. The lowest BCUT2D eigenvalue weighted by molar-refractivity contribution is 0.124. The highest BCUT2D eigenvalue weighted by Crippen LogP contribution is 2.12. The van der Waals surface area contributed by atoms with E-state index in [1.165, 1.54) is 6.33 Å². The minimum Gasteiger partial charge on any atom is -0.300 e. The standard InChI is InChI=1S/C9H10N4O/c10-14-5-8-3-1-2-4-9(8)13-7-11-6-12-13/h1-4,6-7H,5,10H2. The third kappa shape index (κ3) is 1.63. The van der Waals surface area contributed by atoms with Crippen LogP contribution in [0.4, 0.5) is 0 Å². The van der Waals surface area contributed by atoms with Gasteiger partial charge in [-0.2, -0.15) is 5.10 Å². The molecule has 72 valence electrons. The second-order valence-corrected chi connectivity index (χ2v) is 2.78. The molecule has 0 radical (unpaired) electrons. The Kier molecular flexibility index (Phi) is 2.53. The van der Waals surface area contributed by atoms with Crippen LogP contribution in [0.1, 0.15) is 5.56 Å². The molecule has 1 aromatic carbocycles. The minimum atomic E-state index is 0.357. The lowest BCUT2D eigenvalue weighted by Gasteiger charge is -2.06. The molecular formula is C9H10N4O. The summed E-state index contributed by atoms with van der Waals surface area (Å²) < 4.78 is 1.67. The molecule has 0 saturated heterocycles. The number of benzene rings is 1. The zero-order valence-corrected chi connectivity index (χ0v) is 7.50. The maximum Gasteiger partial charge on any atom is 0.138 e. The zero-order chi connectivity index (χ0) is 9.80.